The molecule has 0 aromatic carbocycles. The molecule has 1 saturated heterocycles. The van der Waals surface area contributed by atoms with Crippen LogP contribution < -0.4 is 5.73 Å². The monoisotopic (exact) mass is 273 g/mol. The van der Waals surface area contributed by atoms with Gasteiger partial charge in [-0.25, -0.2) is 4.98 Å². The number of amides is 1. The molecule has 2 heterocycles. The molecule has 0 bridgehead atoms. The molecule has 0 aliphatic carbocycles. The average Bonchev–Trinajstić information content (AvgIpc) is 2.37. The Bertz CT molecular complexity index is 468. The molecule has 19 heavy (non-hydrogen) atoms. The minimum atomic E-state index is -4.18. The Morgan fingerprint density at radius 1 is 1.32 bits per heavy atom. The number of rotatable bonds is 1. The van der Waals surface area contributed by atoms with Crippen molar-refractivity contribution in [2.24, 2.45) is 5.92 Å². The summed E-state index contributed by atoms with van der Waals surface area (Å²) in [5, 5.41) is 0. The molecule has 0 atom stereocenters. The summed E-state index contributed by atoms with van der Waals surface area (Å²) in [4.78, 5) is 17.3. The van der Waals surface area contributed by atoms with Gasteiger partial charge >= 0.3 is 6.18 Å². The van der Waals surface area contributed by atoms with Gasteiger partial charge in [0, 0.05) is 13.1 Å². The van der Waals surface area contributed by atoms with Crippen LogP contribution in [0.3, 0.4) is 0 Å². The molecule has 1 aromatic heterocycles. The SMILES string of the molecule is Nc1cccc(C(=O)N2CCC(C(F)(F)F)CC2)n1. The molecule has 2 N–H and O–H groups in total. The summed E-state index contributed by atoms with van der Waals surface area (Å²) >= 11 is 0. The van der Waals surface area contributed by atoms with E-state index in [4.69, 9.17) is 5.73 Å². The van der Waals surface area contributed by atoms with Crippen LogP contribution in [-0.4, -0.2) is 35.1 Å². The summed E-state index contributed by atoms with van der Waals surface area (Å²) in [6.45, 7) is 0.193. The van der Waals surface area contributed by atoms with Crippen molar-refractivity contribution in [2.75, 3.05) is 18.8 Å². The van der Waals surface area contributed by atoms with Gasteiger partial charge in [-0.2, -0.15) is 13.2 Å². The molecule has 0 saturated carbocycles. The van der Waals surface area contributed by atoms with Crippen LogP contribution >= 0.6 is 0 Å². The minimum Gasteiger partial charge on any atom is -0.384 e. The molecule has 1 amide bonds. The lowest BCUT2D eigenvalue weighted by Gasteiger charge is -2.32. The zero-order valence-electron chi connectivity index (χ0n) is 10.2. The van der Waals surface area contributed by atoms with Gasteiger partial charge in [0.25, 0.3) is 5.91 Å². The smallest absolute Gasteiger partial charge is 0.384 e. The van der Waals surface area contributed by atoms with Gasteiger partial charge in [0.05, 0.1) is 5.92 Å². The van der Waals surface area contributed by atoms with Gasteiger partial charge in [-0.1, -0.05) is 6.07 Å². The molecular formula is C12H14F3N3O. The van der Waals surface area contributed by atoms with Crippen molar-refractivity contribution < 1.29 is 18.0 Å². The largest absolute Gasteiger partial charge is 0.391 e. The molecule has 0 unspecified atom stereocenters. The average molecular weight is 273 g/mol. The molecule has 0 radical (unpaired) electrons. The van der Waals surface area contributed by atoms with E-state index in [1.807, 2.05) is 0 Å². The zero-order valence-corrected chi connectivity index (χ0v) is 10.2. The Balaban J connectivity index is 2.00. The van der Waals surface area contributed by atoms with Crippen LogP contribution in [0.15, 0.2) is 18.2 Å². The first kappa shape index (κ1) is 13.6. The van der Waals surface area contributed by atoms with Crippen LogP contribution in [0.25, 0.3) is 0 Å². The Labute approximate surface area is 108 Å². The van der Waals surface area contributed by atoms with Gasteiger partial charge in [-0.05, 0) is 25.0 Å². The summed E-state index contributed by atoms with van der Waals surface area (Å²) in [6.07, 6.45) is -4.29. The third kappa shape index (κ3) is 3.15. The van der Waals surface area contributed by atoms with Crippen molar-refractivity contribution in [3.63, 3.8) is 0 Å². The molecule has 1 aromatic rings. The minimum absolute atomic E-state index is 0.0580. The van der Waals surface area contributed by atoms with Crippen LogP contribution in [0.4, 0.5) is 19.0 Å². The summed E-state index contributed by atoms with van der Waals surface area (Å²) in [5.74, 6) is -1.46. The number of halogens is 3. The first-order valence-electron chi connectivity index (χ1n) is 5.96. The lowest BCUT2D eigenvalue weighted by molar-refractivity contribution is -0.183. The molecule has 1 aliphatic heterocycles. The van der Waals surface area contributed by atoms with Crippen LogP contribution in [0.1, 0.15) is 23.3 Å². The molecule has 2 rings (SSSR count). The zero-order chi connectivity index (χ0) is 14.0. The number of carbonyl (C=O) groups excluding carboxylic acids is 1. The highest BCUT2D eigenvalue weighted by atomic mass is 19.4. The molecular weight excluding hydrogens is 259 g/mol. The number of anilines is 1. The molecule has 7 heteroatoms. The van der Waals surface area contributed by atoms with E-state index in [1.54, 1.807) is 12.1 Å². The second kappa shape index (κ2) is 5.07. The van der Waals surface area contributed by atoms with E-state index in [1.165, 1.54) is 11.0 Å². The van der Waals surface area contributed by atoms with Crippen molar-refractivity contribution in [3.8, 4) is 0 Å². The maximum Gasteiger partial charge on any atom is 0.391 e. The van der Waals surface area contributed by atoms with Crippen molar-refractivity contribution in [2.45, 2.75) is 19.0 Å². The lowest BCUT2D eigenvalue weighted by Crippen LogP contribution is -2.42. The molecule has 104 valence electrons. The van der Waals surface area contributed by atoms with Crippen molar-refractivity contribution in [3.05, 3.63) is 23.9 Å². The maximum atomic E-state index is 12.5. The maximum absolute atomic E-state index is 12.5. The lowest BCUT2D eigenvalue weighted by atomic mass is 9.96. The third-order valence-corrected chi connectivity index (χ3v) is 3.23. The highest BCUT2D eigenvalue weighted by Crippen LogP contribution is 2.34. The number of alkyl halides is 3. The number of aromatic nitrogens is 1. The number of nitrogens with zero attached hydrogens (tertiary/aromatic N) is 2. The fourth-order valence-electron chi connectivity index (χ4n) is 2.14. The number of pyridine rings is 1. The quantitative estimate of drug-likeness (QED) is 0.852. The summed E-state index contributed by atoms with van der Waals surface area (Å²) in [5.41, 5.74) is 5.65. The van der Waals surface area contributed by atoms with E-state index in [2.05, 4.69) is 4.98 Å². The van der Waals surface area contributed by atoms with Gasteiger partial charge in [0.2, 0.25) is 0 Å². The highest BCUT2D eigenvalue weighted by molar-refractivity contribution is 5.92. The topological polar surface area (TPSA) is 59.2 Å². The summed E-state index contributed by atoms with van der Waals surface area (Å²) in [7, 11) is 0. The normalized spacial score (nSPS) is 17.5. The van der Waals surface area contributed by atoms with Crippen molar-refractivity contribution in [1.29, 1.82) is 0 Å². The van der Waals surface area contributed by atoms with Gasteiger partial charge < -0.3 is 10.6 Å². The van der Waals surface area contributed by atoms with Crippen LogP contribution in [-0.2, 0) is 0 Å². The Morgan fingerprint density at radius 2 is 1.95 bits per heavy atom. The number of hydrogen-bond donors (Lipinski definition) is 1. The van der Waals surface area contributed by atoms with E-state index in [9.17, 15) is 18.0 Å². The molecule has 1 aliphatic rings. The number of likely N-dealkylation sites (tertiary alicyclic amines) is 1. The van der Waals surface area contributed by atoms with Gasteiger partial charge in [0.1, 0.15) is 11.5 Å². The molecule has 0 spiro atoms. The number of nitrogens with two attached hydrogens (primary N) is 1. The first-order chi connectivity index (χ1) is 8.88. The van der Waals surface area contributed by atoms with E-state index >= 15 is 0 Å². The van der Waals surface area contributed by atoms with Gasteiger partial charge in [0.15, 0.2) is 0 Å². The van der Waals surface area contributed by atoms with Gasteiger partial charge in [-0.3, -0.25) is 4.79 Å². The second-order valence-electron chi connectivity index (χ2n) is 4.56. The Morgan fingerprint density at radius 3 is 2.47 bits per heavy atom. The third-order valence-electron chi connectivity index (χ3n) is 3.23. The van der Waals surface area contributed by atoms with Crippen molar-refractivity contribution in [1.82, 2.24) is 9.88 Å². The van der Waals surface area contributed by atoms with E-state index in [0.717, 1.165) is 0 Å². The number of carbonyl (C=O) groups is 1. The van der Waals surface area contributed by atoms with E-state index in [0.29, 0.717) is 0 Å². The number of hydrogen-bond acceptors (Lipinski definition) is 3. The van der Waals surface area contributed by atoms with Crippen LogP contribution in [0.5, 0.6) is 0 Å². The van der Waals surface area contributed by atoms with Crippen molar-refractivity contribution >= 4 is 11.7 Å². The predicted molar refractivity (Wildman–Crippen MR) is 63.3 cm³/mol. The fraction of sp³-hybridized carbons (Fsp3) is 0.500. The molecule has 1 fully saturated rings. The Kier molecular flexibility index (Phi) is 3.64. The predicted octanol–water partition coefficient (Wildman–Crippen LogP) is 2.08. The number of piperidine rings is 1. The standard InChI is InChI=1S/C12H14F3N3O/c13-12(14,15)8-4-6-18(7-5-8)11(19)9-2-1-3-10(16)17-9/h1-3,8H,4-7H2,(H2,16,17). The fourth-order valence-corrected chi connectivity index (χ4v) is 2.14. The highest BCUT2D eigenvalue weighted by Gasteiger charge is 2.41. The Hall–Kier alpha value is -1.79. The first-order valence-corrected chi connectivity index (χ1v) is 5.96. The molecule has 4 nitrogen and oxygen atoms in total. The number of nitrogen functional groups attached to an aromatic ring is 1. The second-order valence-corrected chi connectivity index (χ2v) is 4.56. The summed E-state index contributed by atoms with van der Waals surface area (Å²) in [6, 6.07) is 4.65. The van der Waals surface area contributed by atoms with E-state index < -0.39 is 12.1 Å². The van der Waals surface area contributed by atoms with Crippen LogP contribution in [0, 0.1) is 5.92 Å². The van der Waals surface area contributed by atoms with Gasteiger partial charge in [-0.15, -0.1) is 0 Å². The van der Waals surface area contributed by atoms with E-state index in [-0.39, 0.29) is 43.4 Å². The summed E-state index contributed by atoms with van der Waals surface area (Å²) < 4.78 is 37.5. The van der Waals surface area contributed by atoms with Crippen LogP contribution in [0.2, 0.25) is 0 Å².